The first kappa shape index (κ1) is 15.8. The van der Waals surface area contributed by atoms with Crippen molar-refractivity contribution in [2.45, 2.75) is 39.0 Å². The number of nitrogens with two attached hydrogens (primary N) is 1. The summed E-state index contributed by atoms with van der Waals surface area (Å²) in [5.74, 6) is -0.542. The van der Waals surface area contributed by atoms with Crippen molar-refractivity contribution in [1.82, 2.24) is 0 Å². The van der Waals surface area contributed by atoms with Crippen molar-refractivity contribution in [2.24, 2.45) is 5.92 Å². The summed E-state index contributed by atoms with van der Waals surface area (Å²) in [7, 11) is 0. The summed E-state index contributed by atoms with van der Waals surface area (Å²) in [6, 6.07) is 5.34. The van der Waals surface area contributed by atoms with Crippen LogP contribution in [-0.2, 0) is 0 Å². The predicted molar refractivity (Wildman–Crippen MR) is 77.6 cm³/mol. The van der Waals surface area contributed by atoms with Crippen LogP contribution in [0.3, 0.4) is 0 Å². The minimum atomic E-state index is -4.09. The molecule has 1 saturated heterocycles. The molecule has 2 rings (SSSR count). The monoisotopic (exact) mass is 302 g/mol. The summed E-state index contributed by atoms with van der Waals surface area (Å²) >= 11 is 0. The molecule has 0 aliphatic carbocycles. The molecule has 1 aliphatic heterocycles. The molecule has 6 heteroatoms. The maximum absolute atomic E-state index is 12.7. The quantitative estimate of drug-likeness (QED) is 0.862. The van der Waals surface area contributed by atoms with Crippen LogP contribution in [0.15, 0.2) is 18.2 Å². The Bertz CT molecular complexity index is 480. The normalized spacial score (nSPS) is 17.3. The van der Waals surface area contributed by atoms with E-state index in [2.05, 4.69) is 0 Å². The van der Waals surface area contributed by atoms with Gasteiger partial charge in [-0.05, 0) is 32.8 Å². The molecule has 0 aromatic heterocycles. The van der Waals surface area contributed by atoms with E-state index in [4.69, 9.17) is 10.5 Å². The first-order chi connectivity index (χ1) is 9.75. The third-order valence-corrected chi connectivity index (χ3v) is 3.61. The van der Waals surface area contributed by atoms with Crippen molar-refractivity contribution in [3.8, 4) is 5.75 Å². The Morgan fingerprint density at radius 1 is 1.19 bits per heavy atom. The van der Waals surface area contributed by atoms with Crippen LogP contribution in [0.1, 0.15) is 26.7 Å². The highest BCUT2D eigenvalue weighted by Gasteiger charge is 2.41. The third-order valence-electron chi connectivity index (χ3n) is 3.61. The summed E-state index contributed by atoms with van der Waals surface area (Å²) in [5, 5.41) is 0. The Balaban J connectivity index is 2.08. The maximum Gasteiger partial charge on any atom is 0.391 e. The van der Waals surface area contributed by atoms with Crippen LogP contribution >= 0.6 is 0 Å². The van der Waals surface area contributed by atoms with Crippen LogP contribution in [-0.4, -0.2) is 25.4 Å². The summed E-state index contributed by atoms with van der Waals surface area (Å²) in [6.45, 7) is 4.60. The van der Waals surface area contributed by atoms with Crippen LogP contribution in [0.2, 0.25) is 0 Å². The van der Waals surface area contributed by atoms with E-state index in [0.29, 0.717) is 24.5 Å². The average Bonchev–Trinajstić information content (AvgIpc) is 2.36. The number of piperidine rings is 1. The zero-order chi connectivity index (χ0) is 15.6. The summed E-state index contributed by atoms with van der Waals surface area (Å²) in [4.78, 5) is 1.94. The maximum atomic E-state index is 12.7. The molecule has 1 aromatic carbocycles. The Morgan fingerprint density at radius 2 is 1.81 bits per heavy atom. The third kappa shape index (κ3) is 4.19. The molecule has 21 heavy (non-hydrogen) atoms. The number of hydrogen-bond acceptors (Lipinski definition) is 3. The molecule has 0 saturated carbocycles. The fraction of sp³-hybridized carbons (Fsp3) is 0.600. The van der Waals surface area contributed by atoms with Crippen molar-refractivity contribution < 1.29 is 17.9 Å². The van der Waals surface area contributed by atoms with Gasteiger partial charge in [0, 0.05) is 36.6 Å². The highest BCUT2D eigenvalue weighted by atomic mass is 19.4. The molecular weight excluding hydrogens is 281 g/mol. The van der Waals surface area contributed by atoms with Crippen molar-refractivity contribution in [3.05, 3.63) is 18.2 Å². The van der Waals surface area contributed by atoms with Gasteiger partial charge in [0.2, 0.25) is 0 Å². The molecule has 1 aliphatic rings. The van der Waals surface area contributed by atoms with Gasteiger partial charge in [-0.3, -0.25) is 0 Å². The molecular formula is C15H21F3N2O. The highest BCUT2D eigenvalue weighted by Crippen LogP contribution is 2.36. The summed E-state index contributed by atoms with van der Waals surface area (Å²) in [6.07, 6.45) is -3.82. The zero-order valence-electron chi connectivity index (χ0n) is 12.3. The van der Waals surface area contributed by atoms with Crippen molar-refractivity contribution in [1.29, 1.82) is 0 Å². The lowest BCUT2D eigenvalue weighted by Gasteiger charge is -2.34. The minimum Gasteiger partial charge on any atom is -0.491 e. The zero-order valence-corrected chi connectivity index (χ0v) is 12.3. The van der Waals surface area contributed by atoms with Crippen LogP contribution in [0, 0.1) is 5.92 Å². The molecule has 0 radical (unpaired) electrons. The number of rotatable bonds is 3. The lowest BCUT2D eigenvalue weighted by molar-refractivity contribution is -0.179. The second-order valence-corrected chi connectivity index (χ2v) is 5.73. The summed E-state index contributed by atoms with van der Waals surface area (Å²) < 4.78 is 43.7. The standard InChI is InChI=1S/C15H21F3N2O/c1-10(2)21-14-8-12(19)7-13(9-14)20-5-3-11(4-6-20)15(16,17)18/h7-11H,3-6,19H2,1-2H3. The molecule has 0 spiro atoms. The predicted octanol–water partition coefficient (Wildman–Crippen LogP) is 3.83. The van der Waals surface area contributed by atoms with Gasteiger partial charge in [-0.1, -0.05) is 0 Å². The number of nitrogen functional groups attached to an aromatic ring is 1. The van der Waals surface area contributed by atoms with Crippen molar-refractivity contribution in [2.75, 3.05) is 23.7 Å². The fourth-order valence-corrected chi connectivity index (χ4v) is 2.59. The van der Waals surface area contributed by atoms with Crippen LogP contribution in [0.4, 0.5) is 24.5 Å². The molecule has 2 N–H and O–H groups in total. The Hall–Kier alpha value is -1.59. The van der Waals surface area contributed by atoms with Gasteiger partial charge in [-0.15, -0.1) is 0 Å². The lowest BCUT2D eigenvalue weighted by Crippen LogP contribution is -2.39. The largest absolute Gasteiger partial charge is 0.491 e. The molecule has 1 fully saturated rings. The Kier molecular flexibility index (Phi) is 4.54. The van der Waals surface area contributed by atoms with E-state index in [9.17, 15) is 13.2 Å². The van der Waals surface area contributed by atoms with E-state index in [-0.39, 0.29) is 18.9 Å². The molecule has 0 amide bonds. The SMILES string of the molecule is CC(C)Oc1cc(N)cc(N2CCC(C(F)(F)F)CC2)c1. The highest BCUT2D eigenvalue weighted by molar-refractivity contribution is 5.60. The molecule has 0 unspecified atom stereocenters. The van der Waals surface area contributed by atoms with E-state index in [1.807, 2.05) is 24.8 Å². The fourth-order valence-electron chi connectivity index (χ4n) is 2.59. The molecule has 0 bridgehead atoms. The van der Waals surface area contributed by atoms with Crippen LogP contribution in [0.25, 0.3) is 0 Å². The van der Waals surface area contributed by atoms with E-state index in [1.165, 1.54) is 0 Å². The van der Waals surface area contributed by atoms with E-state index < -0.39 is 12.1 Å². The number of benzene rings is 1. The molecule has 3 nitrogen and oxygen atoms in total. The van der Waals surface area contributed by atoms with E-state index >= 15 is 0 Å². The van der Waals surface area contributed by atoms with Crippen LogP contribution < -0.4 is 15.4 Å². The summed E-state index contributed by atoms with van der Waals surface area (Å²) in [5.41, 5.74) is 7.23. The molecule has 1 aromatic rings. The first-order valence-electron chi connectivity index (χ1n) is 7.14. The Morgan fingerprint density at radius 3 is 2.33 bits per heavy atom. The van der Waals surface area contributed by atoms with Crippen LogP contribution in [0.5, 0.6) is 5.75 Å². The topological polar surface area (TPSA) is 38.5 Å². The number of nitrogens with zero attached hydrogens (tertiary/aromatic N) is 1. The van der Waals surface area contributed by atoms with Gasteiger partial charge in [0.25, 0.3) is 0 Å². The number of halogens is 3. The number of hydrogen-bond donors (Lipinski definition) is 1. The number of ether oxygens (including phenoxy) is 1. The smallest absolute Gasteiger partial charge is 0.391 e. The van der Waals surface area contributed by atoms with Gasteiger partial charge in [-0.2, -0.15) is 13.2 Å². The van der Waals surface area contributed by atoms with Gasteiger partial charge >= 0.3 is 6.18 Å². The van der Waals surface area contributed by atoms with E-state index in [0.717, 1.165) is 5.69 Å². The molecule has 118 valence electrons. The molecule has 1 heterocycles. The number of alkyl halides is 3. The van der Waals surface area contributed by atoms with Crippen molar-refractivity contribution in [3.63, 3.8) is 0 Å². The van der Waals surface area contributed by atoms with Gasteiger partial charge < -0.3 is 15.4 Å². The van der Waals surface area contributed by atoms with Gasteiger partial charge in [0.15, 0.2) is 0 Å². The second-order valence-electron chi connectivity index (χ2n) is 5.73. The molecule has 0 atom stereocenters. The van der Waals surface area contributed by atoms with E-state index in [1.54, 1.807) is 12.1 Å². The lowest BCUT2D eigenvalue weighted by atomic mass is 9.96. The minimum absolute atomic E-state index is 0.0237. The van der Waals surface area contributed by atoms with Gasteiger partial charge in [0.1, 0.15) is 5.75 Å². The first-order valence-corrected chi connectivity index (χ1v) is 7.14. The van der Waals surface area contributed by atoms with Gasteiger partial charge in [0.05, 0.1) is 12.0 Å². The number of anilines is 2. The average molecular weight is 302 g/mol. The van der Waals surface area contributed by atoms with Gasteiger partial charge in [-0.25, -0.2) is 0 Å². The van der Waals surface area contributed by atoms with Crippen molar-refractivity contribution >= 4 is 11.4 Å². The Labute approximate surface area is 122 Å². The second kappa shape index (κ2) is 6.03.